The number of fused-ring (bicyclic) bond motifs is 2. The molecule has 41 heavy (non-hydrogen) atoms. The lowest BCUT2D eigenvalue weighted by atomic mass is 9.82. The number of benzene rings is 3. The van der Waals surface area contributed by atoms with Crippen molar-refractivity contribution in [2.24, 2.45) is 11.8 Å². The van der Waals surface area contributed by atoms with E-state index >= 15 is 0 Å². The smallest absolute Gasteiger partial charge is 0.317 e. The largest absolute Gasteiger partial charge is 0.508 e. The molecule has 214 valence electrons. The van der Waals surface area contributed by atoms with Gasteiger partial charge in [-0.1, -0.05) is 48.5 Å². The van der Waals surface area contributed by atoms with E-state index in [1.54, 1.807) is 0 Å². The van der Waals surface area contributed by atoms with E-state index in [4.69, 9.17) is 0 Å². The molecule has 0 aromatic heterocycles. The Bertz CT molecular complexity index is 1380. The summed E-state index contributed by atoms with van der Waals surface area (Å²) in [7, 11) is 0. The van der Waals surface area contributed by atoms with Gasteiger partial charge in [0.2, 0.25) is 0 Å². The van der Waals surface area contributed by atoms with Gasteiger partial charge in [-0.15, -0.1) is 0 Å². The number of phenols is 1. The second kappa shape index (κ2) is 12.5. The first-order valence-corrected chi connectivity index (χ1v) is 15.5. The van der Waals surface area contributed by atoms with Crippen LogP contribution < -0.4 is 4.90 Å². The first-order chi connectivity index (χ1) is 20.0. The molecule has 0 saturated carbocycles. The van der Waals surface area contributed by atoms with Crippen LogP contribution in [0, 0.1) is 11.8 Å². The highest BCUT2D eigenvalue weighted by molar-refractivity contribution is 6.00. The van der Waals surface area contributed by atoms with Gasteiger partial charge in [0, 0.05) is 18.8 Å². The van der Waals surface area contributed by atoms with Gasteiger partial charge in [0.05, 0.1) is 6.54 Å². The highest BCUT2D eigenvalue weighted by Crippen LogP contribution is 2.41. The van der Waals surface area contributed by atoms with E-state index in [0.29, 0.717) is 11.7 Å². The van der Waals surface area contributed by atoms with Crippen LogP contribution in [0.1, 0.15) is 67.2 Å². The van der Waals surface area contributed by atoms with E-state index in [-0.39, 0.29) is 6.54 Å². The Balaban J connectivity index is 1.29. The van der Waals surface area contributed by atoms with Crippen molar-refractivity contribution in [1.82, 2.24) is 4.90 Å². The fourth-order valence-electron chi connectivity index (χ4n) is 7.50. The van der Waals surface area contributed by atoms with Crippen LogP contribution in [-0.2, 0) is 11.2 Å². The number of carboxylic acid groups (broad SMARTS) is 1. The summed E-state index contributed by atoms with van der Waals surface area (Å²) in [6, 6.07) is 25.8. The van der Waals surface area contributed by atoms with Crippen LogP contribution in [-0.4, -0.2) is 53.8 Å². The van der Waals surface area contributed by atoms with Gasteiger partial charge in [-0.05, 0) is 134 Å². The molecule has 1 aliphatic carbocycles. The third kappa shape index (κ3) is 6.36. The molecule has 2 fully saturated rings. The van der Waals surface area contributed by atoms with Gasteiger partial charge in [-0.25, -0.2) is 0 Å². The van der Waals surface area contributed by atoms with Crippen molar-refractivity contribution in [2.45, 2.75) is 51.4 Å². The Morgan fingerprint density at radius 1 is 0.780 bits per heavy atom. The molecule has 3 aliphatic rings. The maximum atomic E-state index is 11.3. The van der Waals surface area contributed by atoms with Crippen molar-refractivity contribution in [2.75, 3.05) is 37.6 Å². The Morgan fingerprint density at radius 3 is 2.34 bits per heavy atom. The molecule has 2 N–H and O–H groups in total. The van der Waals surface area contributed by atoms with E-state index < -0.39 is 5.97 Å². The van der Waals surface area contributed by atoms with Crippen molar-refractivity contribution in [3.8, 4) is 5.75 Å². The predicted octanol–water partition coefficient (Wildman–Crippen LogP) is 7.09. The topological polar surface area (TPSA) is 64.0 Å². The molecule has 3 aromatic carbocycles. The third-order valence-corrected chi connectivity index (χ3v) is 9.52. The molecule has 0 bridgehead atoms. The minimum atomic E-state index is -0.719. The lowest BCUT2D eigenvalue weighted by molar-refractivity contribution is -0.138. The van der Waals surface area contributed by atoms with Gasteiger partial charge in [-0.3, -0.25) is 9.69 Å². The molecule has 2 heterocycles. The summed E-state index contributed by atoms with van der Waals surface area (Å²) >= 11 is 0. The molecule has 3 aromatic rings. The number of carboxylic acids is 1. The quantitative estimate of drug-likeness (QED) is 0.355. The first kappa shape index (κ1) is 27.6. The number of aryl methyl sites for hydroxylation is 1. The molecular weight excluding hydrogens is 508 g/mol. The number of aliphatic carboxylic acids is 1. The van der Waals surface area contributed by atoms with Crippen molar-refractivity contribution in [3.63, 3.8) is 0 Å². The number of nitrogens with zero attached hydrogens (tertiary/aromatic N) is 2. The second-order valence-corrected chi connectivity index (χ2v) is 12.2. The number of anilines is 1. The zero-order valence-electron chi connectivity index (χ0n) is 24.0. The van der Waals surface area contributed by atoms with Crippen LogP contribution in [0.25, 0.3) is 11.1 Å². The Hall–Kier alpha value is -3.57. The molecule has 5 nitrogen and oxygen atoms in total. The summed E-state index contributed by atoms with van der Waals surface area (Å²) in [5.41, 5.74) is 8.88. The van der Waals surface area contributed by atoms with Crippen molar-refractivity contribution in [3.05, 3.63) is 95.1 Å². The van der Waals surface area contributed by atoms with Crippen LogP contribution >= 0.6 is 0 Å². The monoisotopic (exact) mass is 550 g/mol. The van der Waals surface area contributed by atoms with Crippen LogP contribution in [0.4, 0.5) is 5.69 Å². The number of hydrogen-bond donors (Lipinski definition) is 2. The number of likely N-dealkylation sites (tertiary alicyclic amines) is 1. The lowest BCUT2D eigenvalue weighted by Gasteiger charge is -2.34. The van der Waals surface area contributed by atoms with Gasteiger partial charge in [0.1, 0.15) is 5.75 Å². The third-order valence-electron chi connectivity index (χ3n) is 9.52. The van der Waals surface area contributed by atoms with Crippen molar-refractivity contribution in [1.29, 1.82) is 0 Å². The van der Waals surface area contributed by atoms with Crippen LogP contribution in [0.5, 0.6) is 5.75 Å². The predicted molar refractivity (Wildman–Crippen MR) is 166 cm³/mol. The minimum absolute atomic E-state index is 0.159. The van der Waals surface area contributed by atoms with Gasteiger partial charge < -0.3 is 15.1 Å². The molecule has 0 radical (unpaired) electrons. The minimum Gasteiger partial charge on any atom is -0.508 e. The van der Waals surface area contributed by atoms with E-state index in [1.807, 2.05) is 12.1 Å². The fourth-order valence-corrected chi connectivity index (χ4v) is 7.50. The van der Waals surface area contributed by atoms with Gasteiger partial charge in [-0.2, -0.15) is 0 Å². The zero-order valence-corrected chi connectivity index (χ0v) is 24.0. The summed E-state index contributed by atoms with van der Waals surface area (Å²) in [4.78, 5) is 16.0. The molecule has 2 atom stereocenters. The molecule has 6 rings (SSSR count). The second-order valence-electron chi connectivity index (χ2n) is 12.2. The standard InChI is InChI=1S/C36H42N2O3/c39-32-17-18-34-29(23-32)9-4-12-33(27-7-2-1-3-8-27)36(34)28-13-15-31(16-14-28)38-21-6-11-26-10-5-20-37(25-35(40)41)22-19-30(26)24-38/h1-3,7-8,13-18,23,26,30,39H,4-6,9-12,19-22,24-25H2,(H,40,41). The van der Waals surface area contributed by atoms with Crippen LogP contribution in [0.15, 0.2) is 72.8 Å². The summed E-state index contributed by atoms with van der Waals surface area (Å²) in [6.07, 6.45) is 8.88. The number of carbonyl (C=O) groups is 1. The van der Waals surface area contributed by atoms with Gasteiger partial charge in [0.25, 0.3) is 0 Å². The first-order valence-electron chi connectivity index (χ1n) is 15.5. The maximum Gasteiger partial charge on any atom is 0.317 e. The highest BCUT2D eigenvalue weighted by atomic mass is 16.4. The average molecular weight is 551 g/mol. The normalized spacial score (nSPS) is 22.1. The Labute approximate surface area is 244 Å². The van der Waals surface area contributed by atoms with Crippen LogP contribution in [0.3, 0.4) is 0 Å². The molecule has 5 heteroatoms. The van der Waals surface area contributed by atoms with E-state index in [2.05, 4.69) is 70.5 Å². The Morgan fingerprint density at radius 2 is 1.56 bits per heavy atom. The fraction of sp³-hybridized carbons (Fsp3) is 0.417. The van der Waals surface area contributed by atoms with Crippen molar-refractivity contribution < 1.29 is 15.0 Å². The SMILES string of the molecule is O=C(O)CN1CCCC2CCCN(c3ccc(C4=C(c5ccccc5)CCCc5cc(O)ccc54)cc3)CC2CC1. The van der Waals surface area contributed by atoms with E-state index in [1.165, 1.54) is 58.3 Å². The molecule has 2 saturated heterocycles. The van der Waals surface area contributed by atoms with E-state index in [9.17, 15) is 15.0 Å². The number of phenolic OH excluding ortho intramolecular Hbond substituents is 1. The number of hydrogen-bond acceptors (Lipinski definition) is 4. The van der Waals surface area contributed by atoms with Gasteiger partial charge in [0.15, 0.2) is 0 Å². The summed E-state index contributed by atoms with van der Waals surface area (Å²) in [6.45, 7) is 4.07. The average Bonchev–Trinajstić information content (AvgIpc) is 3.28. The molecule has 0 spiro atoms. The van der Waals surface area contributed by atoms with Crippen LogP contribution in [0.2, 0.25) is 0 Å². The molecule has 2 unspecified atom stereocenters. The summed E-state index contributed by atoms with van der Waals surface area (Å²) in [5.74, 6) is 0.955. The van der Waals surface area contributed by atoms with E-state index in [0.717, 1.165) is 64.2 Å². The summed E-state index contributed by atoms with van der Waals surface area (Å²) < 4.78 is 0. The highest BCUT2D eigenvalue weighted by Gasteiger charge is 2.30. The lowest BCUT2D eigenvalue weighted by Crippen LogP contribution is -2.38. The van der Waals surface area contributed by atoms with Gasteiger partial charge >= 0.3 is 5.97 Å². The molecular formula is C36H42N2O3. The number of rotatable bonds is 5. The Kier molecular flexibility index (Phi) is 8.43. The zero-order chi connectivity index (χ0) is 28.2. The number of allylic oxidation sites excluding steroid dienone is 1. The maximum absolute atomic E-state index is 11.3. The molecule has 2 aliphatic heterocycles. The summed E-state index contributed by atoms with van der Waals surface area (Å²) in [5, 5.41) is 19.6. The molecule has 0 amide bonds. The van der Waals surface area contributed by atoms with Crippen molar-refractivity contribution >= 4 is 22.8 Å². The number of aromatic hydroxyl groups is 1.